The van der Waals surface area contributed by atoms with Crippen molar-refractivity contribution in [2.24, 2.45) is 5.92 Å². The maximum absolute atomic E-state index is 12.3. The first-order valence-corrected chi connectivity index (χ1v) is 9.47. The highest BCUT2D eigenvalue weighted by Gasteiger charge is 2.35. The van der Waals surface area contributed by atoms with Crippen LogP contribution < -0.4 is 19.7 Å². The first-order valence-electron chi connectivity index (χ1n) is 8.32. The topological polar surface area (TPSA) is 105 Å². The van der Waals surface area contributed by atoms with Crippen molar-refractivity contribution in [3.05, 3.63) is 18.2 Å². The van der Waals surface area contributed by atoms with Gasteiger partial charge in [-0.15, -0.1) is 11.8 Å². The summed E-state index contributed by atoms with van der Waals surface area (Å²) in [6.45, 7) is 1.66. The zero-order chi connectivity index (χ0) is 18.5. The lowest BCUT2D eigenvalue weighted by atomic mass is 10.1. The van der Waals surface area contributed by atoms with Crippen LogP contribution in [0.25, 0.3) is 0 Å². The number of hydrogen-bond acceptors (Lipinski definition) is 6. The Morgan fingerprint density at radius 1 is 1.27 bits per heavy atom. The first-order chi connectivity index (χ1) is 12.5. The van der Waals surface area contributed by atoms with E-state index >= 15 is 0 Å². The molecule has 1 aromatic rings. The van der Waals surface area contributed by atoms with Gasteiger partial charge in [0.2, 0.25) is 11.8 Å². The predicted octanol–water partition coefficient (Wildman–Crippen LogP) is 0.745. The van der Waals surface area contributed by atoms with Gasteiger partial charge in [-0.1, -0.05) is 0 Å². The van der Waals surface area contributed by atoms with Gasteiger partial charge in [-0.25, -0.2) is 0 Å². The number of amides is 2. The van der Waals surface area contributed by atoms with Gasteiger partial charge in [-0.3, -0.25) is 14.4 Å². The lowest BCUT2D eigenvalue weighted by molar-refractivity contribution is -0.134. The van der Waals surface area contributed by atoms with E-state index in [1.54, 1.807) is 23.1 Å². The van der Waals surface area contributed by atoms with Crippen molar-refractivity contribution in [2.75, 3.05) is 42.7 Å². The summed E-state index contributed by atoms with van der Waals surface area (Å²) >= 11 is 1.24. The molecule has 0 saturated carbocycles. The fraction of sp³-hybridized carbons (Fsp3) is 0.471. The molecule has 1 unspecified atom stereocenters. The van der Waals surface area contributed by atoms with Crippen LogP contribution in [0.1, 0.15) is 6.42 Å². The third kappa shape index (κ3) is 4.40. The average molecular weight is 380 g/mol. The van der Waals surface area contributed by atoms with Crippen LogP contribution in [0, 0.1) is 5.92 Å². The van der Waals surface area contributed by atoms with Gasteiger partial charge in [0.05, 0.1) is 11.7 Å². The van der Waals surface area contributed by atoms with E-state index < -0.39 is 11.9 Å². The van der Waals surface area contributed by atoms with E-state index in [1.807, 2.05) is 0 Å². The van der Waals surface area contributed by atoms with Crippen molar-refractivity contribution < 1.29 is 29.0 Å². The molecule has 1 fully saturated rings. The number of carboxylic acid groups (broad SMARTS) is 1. The number of rotatable bonds is 7. The quantitative estimate of drug-likeness (QED) is 0.672. The Balaban J connectivity index is 1.53. The molecule has 2 aliphatic rings. The predicted molar refractivity (Wildman–Crippen MR) is 95.9 cm³/mol. The minimum absolute atomic E-state index is 0.00960. The molecular weight excluding hydrogens is 360 g/mol. The summed E-state index contributed by atoms with van der Waals surface area (Å²) < 4.78 is 11.0. The number of nitrogens with zero attached hydrogens (tertiary/aromatic N) is 1. The molecule has 0 radical (unpaired) electrons. The highest BCUT2D eigenvalue weighted by Crippen LogP contribution is 2.35. The highest BCUT2D eigenvalue weighted by atomic mass is 32.2. The summed E-state index contributed by atoms with van der Waals surface area (Å²) in [6.07, 6.45) is 0.155. The summed E-state index contributed by atoms with van der Waals surface area (Å²) in [5.74, 6) is 0.194. The third-order valence-electron chi connectivity index (χ3n) is 4.10. The van der Waals surface area contributed by atoms with E-state index in [0.29, 0.717) is 49.2 Å². The number of anilines is 1. The van der Waals surface area contributed by atoms with Crippen molar-refractivity contribution in [3.63, 3.8) is 0 Å². The molecule has 1 aromatic carbocycles. The number of nitrogens with one attached hydrogen (secondary N) is 1. The molecule has 140 valence electrons. The number of aliphatic carboxylic acids is 1. The second-order valence-corrected chi connectivity index (χ2v) is 7.08. The fourth-order valence-electron chi connectivity index (χ4n) is 2.88. The molecule has 2 N–H and O–H groups in total. The normalized spacial score (nSPS) is 18.7. The second kappa shape index (κ2) is 8.31. The van der Waals surface area contributed by atoms with Crippen molar-refractivity contribution in [1.29, 1.82) is 0 Å². The van der Waals surface area contributed by atoms with E-state index in [1.165, 1.54) is 11.8 Å². The largest absolute Gasteiger partial charge is 0.486 e. The molecule has 1 atom stereocenters. The Hall–Kier alpha value is -2.42. The molecule has 26 heavy (non-hydrogen) atoms. The van der Waals surface area contributed by atoms with Crippen LogP contribution in [0.15, 0.2) is 18.2 Å². The summed E-state index contributed by atoms with van der Waals surface area (Å²) in [5.41, 5.74) is 0.687. The molecule has 8 nitrogen and oxygen atoms in total. The van der Waals surface area contributed by atoms with E-state index in [9.17, 15) is 14.4 Å². The molecule has 2 heterocycles. The monoisotopic (exact) mass is 380 g/mol. The minimum atomic E-state index is -0.877. The van der Waals surface area contributed by atoms with Gasteiger partial charge >= 0.3 is 5.97 Å². The van der Waals surface area contributed by atoms with Crippen LogP contribution in [0.4, 0.5) is 5.69 Å². The molecule has 0 aliphatic carbocycles. The summed E-state index contributed by atoms with van der Waals surface area (Å²) in [5, 5.41) is 11.3. The SMILES string of the molecule is O=C(O)CSCCNC(=O)C1CC(=O)N(c2ccc3c(c2)OCCO3)C1. The average Bonchev–Trinajstić information content (AvgIpc) is 3.02. The van der Waals surface area contributed by atoms with Crippen molar-refractivity contribution >= 4 is 35.2 Å². The first kappa shape index (κ1) is 18.4. The number of carbonyl (C=O) groups excluding carboxylic acids is 2. The lowest BCUT2D eigenvalue weighted by Gasteiger charge is -2.22. The van der Waals surface area contributed by atoms with Crippen LogP contribution in [-0.4, -0.2) is 60.7 Å². The van der Waals surface area contributed by atoms with Crippen LogP contribution >= 0.6 is 11.8 Å². The number of carboxylic acids is 1. The Kier molecular flexibility index (Phi) is 5.87. The number of benzene rings is 1. The Morgan fingerprint density at radius 3 is 2.81 bits per heavy atom. The van der Waals surface area contributed by atoms with Crippen molar-refractivity contribution in [3.8, 4) is 11.5 Å². The summed E-state index contributed by atoms with van der Waals surface area (Å²) in [7, 11) is 0. The van der Waals surface area contributed by atoms with Gasteiger partial charge < -0.3 is 24.8 Å². The summed E-state index contributed by atoms with van der Waals surface area (Å²) in [6, 6.07) is 5.31. The number of carbonyl (C=O) groups is 3. The smallest absolute Gasteiger partial charge is 0.313 e. The Morgan fingerprint density at radius 2 is 2.04 bits per heavy atom. The van der Waals surface area contributed by atoms with Gasteiger partial charge in [-0.2, -0.15) is 0 Å². The zero-order valence-corrected chi connectivity index (χ0v) is 14.9. The standard InChI is InChI=1S/C17H20N2O6S/c20-15-7-11(17(23)18-3-6-26-10-16(21)22)9-19(15)12-1-2-13-14(8-12)25-5-4-24-13/h1-2,8,11H,3-7,9-10H2,(H,18,23)(H,21,22). The fourth-order valence-corrected chi connectivity index (χ4v) is 3.45. The van der Waals surface area contributed by atoms with Crippen molar-refractivity contribution in [2.45, 2.75) is 6.42 Å². The second-order valence-electron chi connectivity index (χ2n) is 5.97. The van der Waals surface area contributed by atoms with Crippen molar-refractivity contribution in [1.82, 2.24) is 5.32 Å². The summed E-state index contributed by atoms with van der Waals surface area (Å²) in [4.78, 5) is 36.6. The van der Waals surface area contributed by atoms with E-state index in [4.69, 9.17) is 14.6 Å². The molecular formula is C17H20N2O6S. The maximum atomic E-state index is 12.3. The van der Waals surface area contributed by atoms with Gasteiger partial charge in [0.25, 0.3) is 0 Å². The number of thioether (sulfide) groups is 1. The minimum Gasteiger partial charge on any atom is -0.486 e. The molecule has 0 bridgehead atoms. The lowest BCUT2D eigenvalue weighted by Crippen LogP contribution is -2.34. The zero-order valence-electron chi connectivity index (χ0n) is 14.1. The van der Waals surface area contributed by atoms with Crippen LogP contribution in [0.2, 0.25) is 0 Å². The molecule has 0 aromatic heterocycles. The Labute approximate surface area is 154 Å². The van der Waals surface area contributed by atoms with Crippen LogP contribution in [-0.2, 0) is 14.4 Å². The molecule has 3 rings (SSSR count). The molecule has 0 spiro atoms. The van der Waals surface area contributed by atoms with E-state index in [-0.39, 0.29) is 24.0 Å². The molecule has 2 aliphatic heterocycles. The van der Waals surface area contributed by atoms with Gasteiger partial charge in [0.1, 0.15) is 13.2 Å². The maximum Gasteiger partial charge on any atom is 0.313 e. The van der Waals surface area contributed by atoms with E-state index in [0.717, 1.165) is 0 Å². The van der Waals surface area contributed by atoms with Crippen LogP contribution in [0.3, 0.4) is 0 Å². The number of hydrogen-bond donors (Lipinski definition) is 2. The highest BCUT2D eigenvalue weighted by molar-refractivity contribution is 7.99. The van der Waals surface area contributed by atoms with Gasteiger partial charge in [-0.05, 0) is 12.1 Å². The Bertz CT molecular complexity index is 710. The van der Waals surface area contributed by atoms with E-state index in [2.05, 4.69) is 5.32 Å². The third-order valence-corrected chi connectivity index (χ3v) is 5.05. The van der Waals surface area contributed by atoms with Gasteiger partial charge in [0, 0.05) is 37.0 Å². The number of ether oxygens (including phenoxy) is 2. The van der Waals surface area contributed by atoms with Crippen LogP contribution in [0.5, 0.6) is 11.5 Å². The number of fused-ring (bicyclic) bond motifs is 1. The molecule has 1 saturated heterocycles. The van der Waals surface area contributed by atoms with Gasteiger partial charge in [0.15, 0.2) is 11.5 Å². The molecule has 9 heteroatoms. The molecule has 2 amide bonds.